The molecule has 0 unspecified atom stereocenters. The van der Waals surface area contributed by atoms with Gasteiger partial charge in [0, 0.05) is 0 Å². The highest BCUT2D eigenvalue weighted by Gasteiger charge is 2.06. The Balaban J connectivity index is 3.23. The first kappa shape index (κ1) is 9.40. The number of rotatable bonds is 1. The fourth-order valence-electron chi connectivity index (χ4n) is 1.33. The topological polar surface area (TPSA) is 26.0 Å². The number of halogens is 1. The van der Waals surface area contributed by atoms with Crippen LogP contribution in [0.1, 0.15) is 30.9 Å². The molecule has 0 radical (unpaired) electrons. The molecule has 0 aliphatic carbocycles. The van der Waals surface area contributed by atoms with Crippen LogP contribution in [0.15, 0.2) is 12.1 Å². The van der Waals surface area contributed by atoms with Crippen LogP contribution in [-0.2, 0) is 0 Å². The predicted octanol–water partition coefficient (Wildman–Crippen LogP) is 3.35. The number of nitrogen functional groups attached to an aromatic ring is 1. The van der Waals surface area contributed by atoms with Crippen molar-refractivity contribution < 1.29 is 0 Å². The van der Waals surface area contributed by atoms with Crippen molar-refractivity contribution in [3.63, 3.8) is 0 Å². The van der Waals surface area contributed by atoms with Crippen molar-refractivity contribution in [3.8, 4) is 0 Å². The molecule has 1 aromatic carbocycles. The zero-order valence-corrected chi connectivity index (χ0v) is 8.44. The number of anilines is 1. The fourth-order valence-corrected chi connectivity index (χ4v) is 1.55. The third kappa shape index (κ3) is 1.72. The average molecular weight is 184 g/mol. The van der Waals surface area contributed by atoms with Gasteiger partial charge in [-0.1, -0.05) is 25.4 Å². The summed E-state index contributed by atoms with van der Waals surface area (Å²) in [6, 6.07) is 3.88. The van der Waals surface area contributed by atoms with Crippen LogP contribution in [0.4, 0.5) is 5.69 Å². The summed E-state index contributed by atoms with van der Waals surface area (Å²) in [5, 5.41) is 0.650. The summed E-state index contributed by atoms with van der Waals surface area (Å²) in [7, 11) is 0. The molecule has 2 heteroatoms. The molecule has 12 heavy (non-hydrogen) atoms. The molecular formula is C10H14ClN. The fraction of sp³-hybridized carbons (Fsp3) is 0.400. The number of aryl methyl sites for hydroxylation is 1. The number of hydrogen-bond donors (Lipinski definition) is 1. The van der Waals surface area contributed by atoms with E-state index in [1.165, 1.54) is 11.1 Å². The van der Waals surface area contributed by atoms with Gasteiger partial charge < -0.3 is 5.73 Å². The molecule has 0 fully saturated rings. The van der Waals surface area contributed by atoms with Crippen molar-refractivity contribution in [1.82, 2.24) is 0 Å². The molecule has 0 bridgehead atoms. The Labute approximate surface area is 78.5 Å². The first-order valence-corrected chi connectivity index (χ1v) is 4.45. The summed E-state index contributed by atoms with van der Waals surface area (Å²) in [6.45, 7) is 6.35. The summed E-state index contributed by atoms with van der Waals surface area (Å²) < 4.78 is 0. The van der Waals surface area contributed by atoms with Gasteiger partial charge in [-0.2, -0.15) is 0 Å². The van der Waals surface area contributed by atoms with Crippen molar-refractivity contribution in [2.75, 3.05) is 5.73 Å². The third-order valence-corrected chi connectivity index (χ3v) is 2.33. The lowest BCUT2D eigenvalue weighted by molar-refractivity contribution is 0.857. The molecule has 1 aromatic rings. The first-order valence-electron chi connectivity index (χ1n) is 4.08. The summed E-state index contributed by atoms with van der Waals surface area (Å²) in [5.41, 5.74) is 8.85. The molecule has 0 heterocycles. The zero-order chi connectivity index (χ0) is 9.30. The highest BCUT2D eigenvalue weighted by atomic mass is 35.5. The quantitative estimate of drug-likeness (QED) is 0.664. The van der Waals surface area contributed by atoms with Crippen LogP contribution in [0.3, 0.4) is 0 Å². The molecule has 0 amide bonds. The van der Waals surface area contributed by atoms with E-state index in [0.717, 1.165) is 0 Å². The molecule has 0 aromatic heterocycles. The zero-order valence-electron chi connectivity index (χ0n) is 7.69. The van der Waals surface area contributed by atoms with E-state index >= 15 is 0 Å². The summed E-state index contributed by atoms with van der Waals surface area (Å²) >= 11 is 5.87. The van der Waals surface area contributed by atoms with Crippen LogP contribution in [0.25, 0.3) is 0 Å². The standard InChI is InChI=1S/C10H14ClN/c1-6(2)8-5-10(12)9(11)4-7(8)3/h4-6H,12H2,1-3H3. The molecule has 0 saturated carbocycles. The van der Waals surface area contributed by atoms with Crippen LogP contribution in [0, 0.1) is 6.92 Å². The second kappa shape index (κ2) is 3.36. The van der Waals surface area contributed by atoms with Gasteiger partial charge in [-0.25, -0.2) is 0 Å². The predicted molar refractivity (Wildman–Crippen MR) is 54.7 cm³/mol. The molecule has 1 nitrogen and oxygen atoms in total. The Bertz CT molecular complexity index is 292. The first-order chi connectivity index (χ1) is 5.52. The highest BCUT2D eigenvalue weighted by Crippen LogP contribution is 2.27. The molecule has 0 atom stereocenters. The average Bonchev–Trinajstić information content (AvgIpc) is 1.96. The lowest BCUT2D eigenvalue weighted by Gasteiger charge is -2.11. The lowest BCUT2D eigenvalue weighted by atomic mass is 9.97. The van der Waals surface area contributed by atoms with E-state index in [1.54, 1.807) is 0 Å². The van der Waals surface area contributed by atoms with Gasteiger partial charge in [-0.15, -0.1) is 0 Å². The van der Waals surface area contributed by atoms with E-state index < -0.39 is 0 Å². The van der Waals surface area contributed by atoms with Crippen LogP contribution < -0.4 is 5.73 Å². The second-order valence-electron chi connectivity index (χ2n) is 3.39. The molecule has 0 saturated heterocycles. The maximum absolute atomic E-state index is 5.87. The highest BCUT2D eigenvalue weighted by molar-refractivity contribution is 6.33. The van der Waals surface area contributed by atoms with Crippen molar-refractivity contribution in [2.24, 2.45) is 0 Å². The number of benzene rings is 1. The van der Waals surface area contributed by atoms with Crippen molar-refractivity contribution in [1.29, 1.82) is 0 Å². The van der Waals surface area contributed by atoms with Crippen LogP contribution in [0.5, 0.6) is 0 Å². The SMILES string of the molecule is Cc1cc(Cl)c(N)cc1C(C)C. The maximum Gasteiger partial charge on any atom is 0.0638 e. The van der Waals surface area contributed by atoms with E-state index in [2.05, 4.69) is 20.8 Å². The molecule has 1 rings (SSSR count). The normalized spacial score (nSPS) is 10.8. The van der Waals surface area contributed by atoms with Gasteiger partial charge in [0.05, 0.1) is 10.7 Å². The smallest absolute Gasteiger partial charge is 0.0638 e. The summed E-state index contributed by atoms with van der Waals surface area (Å²) in [5.74, 6) is 0.504. The van der Waals surface area contributed by atoms with Gasteiger partial charge in [0.15, 0.2) is 0 Å². The Morgan fingerprint density at radius 3 is 2.42 bits per heavy atom. The minimum absolute atomic E-state index is 0.504. The Kier molecular flexibility index (Phi) is 2.63. The monoisotopic (exact) mass is 183 g/mol. The maximum atomic E-state index is 5.87. The van der Waals surface area contributed by atoms with Crippen LogP contribution in [0.2, 0.25) is 5.02 Å². The minimum atomic E-state index is 0.504. The Hall–Kier alpha value is -0.690. The molecule has 0 spiro atoms. The van der Waals surface area contributed by atoms with E-state index in [4.69, 9.17) is 17.3 Å². The van der Waals surface area contributed by atoms with Crippen molar-refractivity contribution in [2.45, 2.75) is 26.7 Å². The Morgan fingerprint density at radius 1 is 1.33 bits per heavy atom. The van der Waals surface area contributed by atoms with Gasteiger partial charge in [0.2, 0.25) is 0 Å². The molecule has 2 N–H and O–H groups in total. The van der Waals surface area contributed by atoms with E-state index in [9.17, 15) is 0 Å². The molecular weight excluding hydrogens is 170 g/mol. The number of nitrogens with two attached hydrogens (primary N) is 1. The van der Waals surface area contributed by atoms with Gasteiger partial charge in [-0.05, 0) is 36.1 Å². The van der Waals surface area contributed by atoms with Gasteiger partial charge in [-0.3, -0.25) is 0 Å². The van der Waals surface area contributed by atoms with Crippen molar-refractivity contribution >= 4 is 17.3 Å². The molecule has 66 valence electrons. The van der Waals surface area contributed by atoms with E-state index in [1.807, 2.05) is 12.1 Å². The largest absolute Gasteiger partial charge is 0.398 e. The Morgan fingerprint density at radius 2 is 1.92 bits per heavy atom. The van der Waals surface area contributed by atoms with Crippen LogP contribution in [-0.4, -0.2) is 0 Å². The van der Waals surface area contributed by atoms with Crippen LogP contribution >= 0.6 is 11.6 Å². The summed E-state index contributed by atoms with van der Waals surface area (Å²) in [4.78, 5) is 0. The summed E-state index contributed by atoms with van der Waals surface area (Å²) in [6.07, 6.45) is 0. The van der Waals surface area contributed by atoms with E-state index in [-0.39, 0.29) is 0 Å². The van der Waals surface area contributed by atoms with Gasteiger partial charge >= 0.3 is 0 Å². The number of hydrogen-bond acceptors (Lipinski definition) is 1. The molecule has 0 aliphatic rings. The van der Waals surface area contributed by atoms with Crippen molar-refractivity contribution in [3.05, 3.63) is 28.3 Å². The lowest BCUT2D eigenvalue weighted by Crippen LogP contribution is -1.95. The minimum Gasteiger partial charge on any atom is -0.398 e. The second-order valence-corrected chi connectivity index (χ2v) is 3.79. The van der Waals surface area contributed by atoms with Gasteiger partial charge in [0.25, 0.3) is 0 Å². The van der Waals surface area contributed by atoms with E-state index in [0.29, 0.717) is 16.6 Å². The molecule has 0 aliphatic heterocycles. The van der Waals surface area contributed by atoms with Gasteiger partial charge in [0.1, 0.15) is 0 Å². The third-order valence-electron chi connectivity index (χ3n) is 2.01.